The Morgan fingerprint density at radius 2 is 2.23 bits per heavy atom. The maximum atomic E-state index is 11.9. The highest BCUT2D eigenvalue weighted by Crippen LogP contribution is 2.30. The number of nitrogens with zero attached hydrogens (tertiary/aromatic N) is 2. The van der Waals surface area contributed by atoms with Crippen molar-refractivity contribution in [2.45, 2.75) is 19.9 Å². The van der Waals surface area contributed by atoms with Crippen LogP contribution in [0.15, 0.2) is 23.7 Å². The summed E-state index contributed by atoms with van der Waals surface area (Å²) in [5.41, 5.74) is 2.46. The van der Waals surface area contributed by atoms with E-state index in [0.29, 0.717) is 23.2 Å². The summed E-state index contributed by atoms with van der Waals surface area (Å²) in [4.78, 5) is 11.9. The number of aromatic nitrogens is 2. The average molecular weight is 322 g/mol. The Morgan fingerprint density at radius 1 is 1.41 bits per heavy atom. The minimum Gasteiger partial charge on any atom is -0.493 e. The molecule has 0 saturated heterocycles. The van der Waals surface area contributed by atoms with Crippen molar-refractivity contribution >= 4 is 22.5 Å². The summed E-state index contributed by atoms with van der Waals surface area (Å²) in [5, 5.41) is 13.3. The van der Waals surface area contributed by atoms with Crippen LogP contribution in [0.4, 0.5) is 9.93 Å². The Balaban J connectivity index is 2.02. The van der Waals surface area contributed by atoms with Crippen LogP contribution in [0.3, 0.4) is 0 Å². The molecule has 7 nitrogen and oxygen atoms in total. The van der Waals surface area contributed by atoms with E-state index in [4.69, 9.17) is 9.47 Å². The third kappa shape index (κ3) is 4.08. The molecule has 8 heteroatoms. The molecule has 1 aromatic heterocycles. The summed E-state index contributed by atoms with van der Waals surface area (Å²) in [6, 6.07) is 5.04. The van der Waals surface area contributed by atoms with Gasteiger partial charge in [0.1, 0.15) is 5.51 Å². The highest BCUT2D eigenvalue weighted by molar-refractivity contribution is 7.13. The fourth-order valence-corrected chi connectivity index (χ4v) is 2.31. The molecule has 2 aromatic rings. The predicted molar refractivity (Wildman–Crippen MR) is 84.6 cm³/mol. The number of rotatable bonds is 6. The topological polar surface area (TPSA) is 85.4 Å². The first kappa shape index (κ1) is 16.0. The van der Waals surface area contributed by atoms with Crippen LogP contribution in [0.2, 0.25) is 0 Å². The summed E-state index contributed by atoms with van der Waals surface area (Å²) >= 11 is 1.26. The number of methoxy groups -OCH3 is 1. The first-order valence-electron chi connectivity index (χ1n) is 6.78. The van der Waals surface area contributed by atoms with Crippen molar-refractivity contribution in [1.29, 1.82) is 0 Å². The summed E-state index contributed by atoms with van der Waals surface area (Å²) in [6.45, 7) is 4.36. The van der Waals surface area contributed by atoms with Gasteiger partial charge in [0.05, 0.1) is 19.8 Å². The van der Waals surface area contributed by atoms with Gasteiger partial charge in [0, 0.05) is 0 Å². The summed E-state index contributed by atoms with van der Waals surface area (Å²) in [6.07, 6.45) is 0. The average Bonchev–Trinajstić information content (AvgIpc) is 3.00. The quantitative estimate of drug-likeness (QED) is 0.854. The third-order valence-electron chi connectivity index (χ3n) is 2.92. The van der Waals surface area contributed by atoms with Crippen LogP contribution < -0.4 is 20.1 Å². The standard InChI is InChI=1S/C14H18N4O3S/c1-4-21-11-6-5-10(7-12(11)20-3)9(2)16-13(19)17-14-18-15-8-22-14/h5-9H,4H2,1-3H3,(H2,16,17,18,19). The van der Waals surface area contributed by atoms with Gasteiger partial charge in [-0.25, -0.2) is 4.79 Å². The van der Waals surface area contributed by atoms with Gasteiger partial charge >= 0.3 is 6.03 Å². The number of nitrogens with one attached hydrogen (secondary N) is 2. The number of benzene rings is 1. The highest BCUT2D eigenvalue weighted by atomic mass is 32.1. The molecule has 0 spiro atoms. The molecule has 0 aliphatic heterocycles. The lowest BCUT2D eigenvalue weighted by molar-refractivity contribution is 0.249. The van der Waals surface area contributed by atoms with Crippen LogP contribution in [0, 0.1) is 0 Å². The molecule has 0 saturated carbocycles. The molecule has 2 amide bonds. The molecule has 22 heavy (non-hydrogen) atoms. The lowest BCUT2D eigenvalue weighted by Crippen LogP contribution is -2.31. The smallest absolute Gasteiger partial charge is 0.321 e. The molecular weight excluding hydrogens is 304 g/mol. The van der Waals surface area contributed by atoms with Crippen LogP contribution in [-0.4, -0.2) is 29.9 Å². The number of amides is 2. The molecular formula is C14H18N4O3S. The Morgan fingerprint density at radius 3 is 2.86 bits per heavy atom. The molecule has 2 rings (SSSR count). The molecule has 0 aliphatic rings. The number of carbonyl (C=O) groups excluding carboxylic acids is 1. The van der Waals surface area contributed by atoms with Crippen molar-refractivity contribution in [2.24, 2.45) is 0 Å². The molecule has 0 fully saturated rings. The lowest BCUT2D eigenvalue weighted by atomic mass is 10.1. The van der Waals surface area contributed by atoms with E-state index in [1.54, 1.807) is 12.6 Å². The summed E-state index contributed by atoms with van der Waals surface area (Å²) in [7, 11) is 1.59. The van der Waals surface area contributed by atoms with Gasteiger partial charge in [0.2, 0.25) is 5.13 Å². The van der Waals surface area contributed by atoms with Crippen molar-refractivity contribution in [1.82, 2.24) is 15.5 Å². The second-order valence-electron chi connectivity index (χ2n) is 4.41. The van der Waals surface area contributed by atoms with Gasteiger partial charge in [-0.15, -0.1) is 10.2 Å². The van der Waals surface area contributed by atoms with Gasteiger partial charge in [-0.3, -0.25) is 5.32 Å². The molecule has 2 N–H and O–H groups in total. The van der Waals surface area contributed by atoms with Gasteiger partial charge in [-0.05, 0) is 31.5 Å². The van der Waals surface area contributed by atoms with Crippen LogP contribution in [0.1, 0.15) is 25.5 Å². The van der Waals surface area contributed by atoms with Crippen molar-refractivity contribution < 1.29 is 14.3 Å². The van der Waals surface area contributed by atoms with E-state index in [1.165, 1.54) is 11.3 Å². The Hall–Kier alpha value is -2.35. The number of urea groups is 1. The number of anilines is 1. The molecule has 1 heterocycles. The molecule has 0 bridgehead atoms. The number of hydrogen-bond acceptors (Lipinski definition) is 6. The van der Waals surface area contributed by atoms with Gasteiger partial charge in [-0.2, -0.15) is 0 Å². The largest absolute Gasteiger partial charge is 0.493 e. The van der Waals surface area contributed by atoms with E-state index >= 15 is 0 Å². The molecule has 1 unspecified atom stereocenters. The van der Waals surface area contributed by atoms with E-state index in [2.05, 4.69) is 20.8 Å². The van der Waals surface area contributed by atoms with Gasteiger partial charge in [0.25, 0.3) is 0 Å². The molecule has 1 atom stereocenters. The molecule has 118 valence electrons. The fourth-order valence-electron chi connectivity index (χ4n) is 1.87. The normalized spacial score (nSPS) is 11.6. The van der Waals surface area contributed by atoms with Gasteiger partial charge < -0.3 is 14.8 Å². The zero-order chi connectivity index (χ0) is 15.9. The molecule has 0 radical (unpaired) electrons. The minimum atomic E-state index is -0.336. The zero-order valence-electron chi connectivity index (χ0n) is 12.6. The highest BCUT2D eigenvalue weighted by Gasteiger charge is 2.13. The van der Waals surface area contributed by atoms with Crippen molar-refractivity contribution in [2.75, 3.05) is 19.0 Å². The van der Waals surface area contributed by atoms with Crippen LogP contribution >= 0.6 is 11.3 Å². The first-order valence-corrected chi connectivity index (χ1v) is 7.66. The van der Waals surface area contributed by atoms with Gasteiger partial charge in [0.15, 0.2) is 11.5 Å². The lowest BCUT2D eigenvalue weighted by Gasteiger charge is -2.16. The Bertz CT molecular complexity index is 619. The second-order valence-corrected chi connectivity index (χ2v) is 5.24. The van der Waals surface area contributed by atoms with E-state index in [9.17, 15) is 4.79 Å². The predicted octanol–water partition coefficient (Wildman–Crippen LogP) is 2.83. The summed E-state index contributed by atoms with van der Waals surface area (Å²) in [5.74, 6) is 1.32. The number of ether oxygens (including phenoxy) is 2. The first-order chi connectivity index (χ1) is 10.6. The third-order valence-corrected chi connectivity index (χ3v) is 3.52. The Labute approximate surface area is 132 Å². The van der Waals surface area contributed by atoms with Crippen molar-refractivity contribution in [3.05, 3.63) is 29.3 Å². The SMILES string of the molecule is CCOc1ccc(C(C)NC(=O)Nc2nncs2)cc1OC. The van der Waals surface area contributed by atoms with E-state index in [-0.39, 0.29) is 12.1 Å². The number of carbonyl (C=O) groups is 1. The number of hydrogen-bond donors (Lipinski definition) is 2. The fraction of sp³-hybridized carbons (Fsp3) is 0.357. The van der Waals surface area contributed by atoms with Crippen LogP contribution in [0.25, 0.3) is 0 Å². The minimum absolute atomic E-state index is 0.197. The summed E-state index contributed by atoms with van der Waals surface area (Å²) < 4.78 is 10.8. The maximum Gasteiger partial charge on any atom is 0.321 e. The van der Waals surface area contributed by atoms with Gasteiger partial charge in [-0.1, -0.05) is 17.4 Å². The van der Waals surface area contributed by atoms with E-state index in [1.807, 2.05) is 32.0 Å². The zero-order valence-corrected chi connectivity index (χ0v) is 13.4. The van der Waals surface area contributed by atoms with Crippen LogP contribution in [-0.2, 0) is 0 Å². The maximum absolute atomic E-state index is 11.9. The van der Waals surface area contributed by atoms with Crippen molar-refractivity contribution in [3.63, 3.8) is 0 Å². The van der Waals surface area contributed by atoms with Crippen LogP contribution in [0.5, 0.6) is 11.5 Å². The molecule has 0 aliphatic carbocycles. The van der Waals surface area contributed by atoms with Crippen molar-refractivity contribution in [3.8, 4) is 11.5 Å². The Kier molecular flexibility index (Phi) is 5.54. The van der Waals surface area contributed by atoms with E-state index < -0.39 is 0 Å². The monoisotopic (exact) mass is 322 g/mol. The second kappa shape index (κ2) is 7.60. The van der Waals surface area contributed by atoms with E-state index in [0.717, 1.165) is 5.56 Å². The molecule has 1 aromatic carbocycles.